The molecule has 0 bridgehead atoms. The van der Waals surface area contributed by atoms with Crippen molar-refractivity contribution in [2.75, 3.05) is 0 Å². The van der Waals surface area contributed by atoms with Crippen LogP contribution in [0.15, 0.2) is 60.8 Å². The van der Waals surface area contributed by atoms with Gasteiger partial charge in [-0.05, 0) is 84.0 Å². The van der Waals surface area contributed by atoms with Gasteiger partial charge < -0.3 is 9.84 Å². The highest BCUT2D eigenvalue weighted by Gasteiger charge is 2.32. The lowest BCUT2D eigenvalue weighted by molar-refractivity contribution is -0.137. The van der Waals surface area contributed by atoms with Crippen molar-refractivity contribution in [3.05, 3.63) is 94.6 Å². The van der Waals surface area contributed by atoms with Gasteiger partial charge in [0.15, 0.2) is 0 Å². The number of aromatic nitrogens is 1. The monoisotopic (exact) mass is 457 g/mol. The minimum absolute atomic E-state index is 0.0552. The molecular formula is C25H19F4NO3. The second kappa shape index (κ2) is 9.05. The van der Waals surface area contributed by atoms with E-state index in [2.05, 4.69) is 4.98 Å². The molecule has 2 aromatic carbocycles. The summed E-state index contributed by atoms with van der Waals surface area (Å²) in [6.45, 7) is 0.0552. The summed E-state index contributed by atoms with van der Waals surface area (Å²) in [5.74, 6) is -1.30. The van der Waals surface area contributed by atoms with E-state index in [1.165, 1.54) is 30.5 Å². The maximum absolute atomic E-state index is 13.5. The van der Waals surface area contributed by atoms with Gasteiger partial charge in [0.1, 0.15) is 23.9 Å². The number of benzene rings is 2. The van der Waals surface area contributed by atoms with Crippen molar-refractivity contribution in [2.45, 2.75) is 32.0 Å². The summed E-state index contributed by atoms with van der Waals surface area (Å²) in [6.07, 6.45) is -1.33. The highest BCUT2D eigenvalue weighted by Crippen LogP contribution is 2.44. The van der Waals surface area contributed by atoms with Crippen LogP contribution in [0.25, 0.3) is 11.1 Å². The Morgan fingerprint density at radius 3 is 2.42 bits per heavy atom. The first-order chi connectivity index (χ1) is 15.7. The molecule has 4 rings (SSSR count). The number of hydrogen-bond acceptors (Lipinski definition) is 3. The van der Waals surface area contributed by atoms with Gasteiger partial charge in [0, 0.05) is 11.8 Å². The number of alkyl halides is 3. The largest absolute Gasteiger partial charge is 0.488 e. The van der Waals surface area contributed by atoms with E-state index in [0.29, 0.717) is 41.5 Å². The highest BCUT2D eigenvalue weighted by molar-refractivity contribution is 5.96. The molecule has 1 aliphatic carbocycles. The summed E-state index contributed by atoms with van der Waals surface area (Å²) >= 11 is 0. The number of hydrogen-bond donors (Lipinski definition) is 1. The molecule has 0 fully saturated rings. The maximum Gasteiger partial charge on any atom is 0.416 e. The zero-order valence-corrected chi connectivity index (χ0v) is 17.3. The van der Waals surface area contributed by atoms with Gasteiger partial charge in [-0.25, -0.2) is 14.2 Å². The molecule has 0 amide bonds. The maximum atomic E-state index is 13.5. The van der Waals surface area contributed by atoms with E-state index in [4.69, 9.17) is 4.74 Å². The molecule has 1 aromatic heterocycles. The van der Waals surface area contributed by atoms with Gasteiger partial charge in [0.2, 0.25) is 0 Å². The molecule has 1 aliphatic rings. The Balaban J connectivity index is 1.77. The van der Waals surface area contributed by atoms with Crippen molar-refractivity contribution in [1.29, 1.82) is 0 Å². The van der Waals surface area contributed by atoms with Crippen LogP contribution in [-0.2, 0) is 12.8 Å². The van der Waals surface area contributed by atoms with Crippen molar-refractivity contribution >= 4 is 17.1 Å². The molecule has 33 heavy (non-hydrogen) atoms. The first-order valence-corrected chi connectivity index (χ1v) is 10.2. The topological polar surface area (TPSA) is 59.4 Å². The van der Waals surface area contributed by atoms with Crippen molar-refractivity contribution in [2.24, 2.45) is 0 Å². The van der Waals surface area contributed by atoms with Gasteiger partial charge in [-0.3, -0.25) is 0 Å². The average Bonchev–Trinajstić information content (AvgIpc) is 3.28. The Morgan fingerprint density at radius 1 is 1.00 bits per heavy atom. The first kappa shape index (κ1) is 22.5. The van der Waals surface area contributed by atoms with Crippen LogP contribution in [0.5, 0.6) is 5.75 Å². The number of carbonyl (C=O) groups is 1. The molecule has 0 aliphatic heterocycles. The van der Waals surface area contributed by atoms with Crippen molar-refractivity contribution < 1.29 is 32.2 Å². The number of pyridine rings is 1. The molecule has 0 saturated heterocycles. The minimum Gasteiger partial charge on any atom is -0.488 e. The molecule has 170 valence electrons. The molecule has 8 heteroatoms. The van der Waals surface area contributed by atoms with Crippen LogP contribution in [0, 0.1) is 5.82 Å². The molecule has 3 aromatic rings. The van der Waals surface area contributed by atoms with E-state index in [0.717, 1.165) is 17.7 Å². The summed E-state index contributed by atoms with van der Waals surface area (Å²) in [5, 5.41) is 9.25. The number of carboxylic acid groups (broad SMARTS) is 1. The van der Waals surface area contributed by atoms with Crippen LogP contribution in [0.3, 0.4) is 0 Å². The molecular weight excluding hydrogens is 438 g/mol. The third-order valence-corrected chi connectivity index (χ3v) is 5.48. The summed E-state index contributed by atoms with van der Waals surface area (Å²) in [4.78, 5) is 15.1. The van der Waals surface area contributed by atoms with Crippen molar-refractivity contribution in [3.63, 3.8) is 0 Å². The van der Waals surface area contributed by atoms with Crippen LogP contribution in [0.4, 0.5) is 17.6 Å². The number of rotatable bonds is 6. The van der Waals surface area contributed by atoms with E-state index in [1.54, 1.807) is 18.2 Å². The Kier molecular flexibility index (Phi) is 6.18. The molecule has 0 unspecified atom stereocenters. The lowest BCUT2D eigenvalue weighted by atomic mass is 9.95. The number of aromatic carboxylic acids is 1. The fraction of sp³-hybridized carbons (Fsp3) is 0.200. The Bertz CT molecular complexity index is 1220. The first-order valence-electron chi connectivity index (χ1n) is 10.2. The van der Waals surface area contributed by atoms with Crippen LogP contribution < -0.4 is 4.74 Å². The average molecular weight is 457 g/mol. The van der Waals surface area contributed by atoms with Crippen LogP contribution in [0.1, 0.15) is 52.0 Å². The fourth-order valence-corrected chi connectivity index (χ4v) is 3.90. The summed E-state index contributed by atoms with van der Waals surface area (Å²) in [6, 6.07) is 12.1. The van der Waals surface area contributed by atoms with E-state index in [9.17, 15) is 27.5 Å². The number of nitrogens with zero attached hydrogens (tertiary/aromatic N) is 1. The lowest BCUT2D eigenvalue weighted by Gasteiger charge is -2.17. The van der Waals surface area contributed by atoms with E-state index in [1.807, 2.05) is 0 Å². The van der Waals surface area contributed by atoms with Crippen LogP contribution >= 0.6 is 0 Å². The molecule has 4 nitrogen and oxygen atoms in total. The lowest BCUT2D eigenvalue weighted by Crippen LogP contribution is -2.07. The predicted octanol–water partition coefficient (Wildman–Crippen LogP) is 6.61. The van der Waals surface area contributed by atoms with Gasteiger partial charge in [-0.15, -0.1) is 0 Å². The van der Waals surface area contributed by atoms with Crippen molar-refractivity contribution in [1.82, 2.24) is 4.98 Å². The van der Waals surface area contributed by atoms with Gasteiger partial charge >= 0.3 is 12.1 Å². The van der Waals surface area contributed by atoms with E-state index < -0.39 is 23.5 Å². The summed E-state index contributed by atoms with van der Waals surface area (Å²) in [7, 11) is 0. The molecule has 0 atom stereocenters. The van der Waals surface area contributed by atoms with Gasteiger partial charge in [0.25, 0.3) is 0 Å². The van der Waals surface area contributed by atoms with Gasteiger partial charge in [0.05, 0.1) is 5.56 Å². The Hall–Kier alpha value is -3.68. The third kappa shape index (κ3) is 5.05. The number of ether oxygens (including phenoxy) is 1. The molecule has 1 N–H and O–H groups in total. The van der Waals surface area contributed by atoms with Crippen molar-refractivity contribution in [3.8, 4) is 5.75 Å². The number of carboxylic acids is 1. The molecule has 0 radical (unpaired) electrons. The second-order valence-electron chi connectivity index (χ2n) is 7.67. The fourth-order valence-electron chi connectivity index (χ4n) is 3.90. The molecule has 1 heterocycles. The predicted molar refractivity (Wildman–Crippen MR) is 114 cm³/mol. The van der Waals surface area contributed by atoms with Gasteiger partial charge in [-0.2, -0.15) is 13.2 Å². The van der Waals surface area contributed by atoms with E-state index >= 15 is 0 Å². The zero-order chi connectivity index (χ0) is 23.6. The standard InChI is InChI=1S/C25H19F4NO3/c26-18-7-4-15(5-8-18)14-33-23-9-6-17(25(27,28)29)13-21(23)20-3-1-2-19(20)16-10-11-30-22(12-16)24(31)32/h4-13H,1-3,14H2,(H,31,32). The minimum atomic E-state index is -4.53. The summed E-state index contributed by atoms with van der Waals surface area (Å²) in [5.41, 5.74) is 2.10. The SMILES string of the molecule is O=C(O)c1cc(C2=C(c3cc(C(F)(F)F)ccc3OCc3ccc(F)cc3)CCC2)ccn1. The van der Waals surface area contributed by atoms with Crippen LogP contribution in [-0.4, -0.2) is 16.1 Å². The number of allylic oxidation sites excluding steroid dienone is 2. The Labute approximate surface area is 187 Å². The molecule has 0 spiro atoms. The normalized spacial score (nSPS) is 13.9. The quantitative estimate of drug-likeness (QED) is 0.423. The zero-order valence-electron chi connectivity index (χ0n) is 17.3. The number of halogens is 4. The Morgan fingerprint density at radius 2 is 1.73 bits per heavy atom. The molecule has 0 saturated carbocycles. The van der Waals surface area contributed by atoms with E-state index in [-0.39, 0.29) is 18.1 Å². The summed E-state index contributed by atoms with van der Waals surface area (Å²) < 4.78 is 59.4. The van der Waals surface area contributed by atoms with Gasteiger partial charge in [-0.1, -0.05) is 12.1 Å². The third-order valence-electron chi connectivity index (χ3n) is 5.48. The second-order valence-corrected chi connectivity index (χ2v) is 7.67. The van der Waals surface area contributed by atoms with Crippen LogP contribution in [0.2, 0.25) is 0 Å². The smallest absolute Gasteiger partial charge is 0.416 e. The highest BCUT2D eigenvalue weighted by atomic mass is 19.4.